The van der Waals surface area contributed by atoms with E-state index in [1.807, 2.05) is 42.5 Å². The highest BCUT2D eigenvalue weighted by molar-refractivity contribution is 7.98. The molecule has 0 bridgehead atoms. The Morgan fingerprint density at radius 2 is 1.92 bits per heavy atom. The van der Waals surface area contributed by atoms with E-state index in [1.165, 1.54) is 5.56 Å². The molecule has 4 rings (SSSR count). The topological polar surface area (TPSA) is 39.9 Å². The van der Waals surface area contributed by atoms with Crippen molar-refractivity contribution in [2.24, 2.45) is 0 Å². The summed E-state index contributed by atoms with van der Waals surface area (Å²) in [6.45, 7) is 0.352. The molecule has 0 unspecified atom stereocenters. The molecule has 26 heavy (non-hydrogen) atoms. The molecule has 134 valence electrons. The van der Waals surface area contributed by atoms with E-state index in [2.05, 4.69) is 20.8 Å². The lowest BCUT2D eigenvalue weighted by molar-refractivity contribution is 0.288. The minimum atomic E-state index is 0.352. The summed E-state index contributed by atoms with van der Waals surface area (Å²) in [5.74, 6) is 2.30. The predicted molar refractivity (Wildman–Crippen MR) is 105 cm³/mol. The third-order valence-corrected chi connectivity index (χ3v) is 5.66. The van der Waals surface area contributed by atoms with E-state index in [9.17, 15) is 0 Å². The van der Waals surface area contributed by atoms with Crippen molar-refractivity contribution in [3.05, 3.63) is 70.0 Å². The molecule has 7 heteroatoms. The molecule has 4 nitrogen and oxygen atoms in total. The first-order valence-electron chi connectivity index (χ1n) is 8.39. The smallest absolute Gasteiger partial charge is 0.191 e. The Labute approximate surface area is 166 Å². The van der Waals surface area contributed by atoms with Gasteiger partial charge in [0.15, 0.2) is 11.0 Å². The molecule has 0 radical (unpaired) electrons. The van der Waals surface area contributed by atoms with Crippen LogP contribution in [-0.4, -0.2) is 14.8 Å². The molecule has 1 saturated carbocycles. The molecule has 0 saturated heterocycles. The lowest BCUT2D eigenvalue weighted by Crippen LogP contribution is -2.07. The Morgan fingerprint density at radius 1 is 1.08 bits per heavy atom. The Balaban J connectivity index is 1.47. The summed E-state index contributed by atoms with van der Waals surface area (Å²) in [5.41, 5.74) is 1.17. The van der Waals surface area contributed by atoms with Gasteiger partial charge in [-0.1, -0.05) is 59.2 Å². The SMILES string of the molecule is Clc1cccc(CSc2nnc(COc3ccccc3Cl)n2C2CC2)c1. The first-order chi connectivity index (χ1) is 12.7. The van der Waals surface area contributed by atoms with E-state index in [0.29, 0.717) is 23.4 Å². The fraction of sp³-hybridized carbons (Fsp3) is 0.263. The van der Waals surface area contributed by atoms with E-state index in [-0.39, 0.29) is 0 Å². The number of hydrogen-bond donors (Lipinski definition) is 0. The predicted octanol–water partition coefficient (Wildman–Crippen LogP) is 5.79. The van der Waals surface area contributed by atoms with Gasteiger partial charge in [-0.05, 0) is 42.7 Å². The average Bonchev–Trinajstić information content (AvgIpc) is 3.40. The van der Waals surface area contributed by atoms with E-state index in [4.69, 9.17) is 27.9 Å². The van der Waals surface area contributed by atoms with Gasteiger partial charge < -0.3 is 4.74 Å². The lowest BCUT2D eigenvalue weighted by Gasteiger charge is -2.10. The van der Waals surface area contributed by atoms with Gasteiger partial charge in [0.1, 0.15) is 12.4 Å². The highest BCUT2D eigenvalue weighted by Crippen LogP contribution is 2.39. The highest BCUT2D eigenvalue weighted by Gasteiger charge is 2.29. The Hall–Kier alpha value is -1.69. The lowest BCUT2D eigenvalue weighted by atomic mass is 10.2. The second-order valence-electron chi connectivity index (χ2n) is 6.14. The van der Waals surface area contributed by atoms with Crippen LogP contribution in [0.4, 0.5) is 0 Å². The van der Waals surface area contributed by atoms with E-state index in [0.717, 1.165) is 34.6 Å². The van der Waals surface area contributed by atoms with Crippen molar-refractivity contribution in [2.45, 2.75) is 36.4 Å². The van der Waals surface area contributed by atoms with E-state index in [1.54, 1.807) is 11.8 Å². The monoisotopic (exact) mass is 405 g/mol. The third-order valence-electron chi connectivity index (χ3n) is 4.10. The summed E-state index contributed by atoms with van der Waals surface area (Å²) in [5, 5.41) is 11.0. The van der Waals surface area contributed by atoms with E-state index >= 15 is 0 Å². The molecular weight excluding hydrogens is 389 g/mol. The largest absolute Gasteiger partial charge is 0.484 e. The molecule has 1 aliphatic carbocycles. The molecule has 3 aromatic rings. The van der Waals surface area contributed by atoms with Crippen LogP contribution in [-0.2, 0) is 12.4 Å². The molecule has 0 atom stereocenters. The fourth-order valence-corrected chi connectivity index (χ4v) is 4.05. The summed E-state index contributed by atoms with van der Waals surface area (Å²) in [6.07, 6.45) is 2.31. The zero-order valence-electron chi connectivity index (χ0n) is 13.9. The number of para-hydroxylation sites is 1. The molecule has 1 aromatic heterocycles. The number of halogens is 2. The van der Waals surface area contributed by atoms with Crippen molar-refractivity contribution >= 4 is 35.0 Å². The molecule has 0 N–H and O–H groups in total. The van der Waals surface area contributed by atoms with Crippen LogP contribution in [0.25, 0.3) is 0 Å². The number of benzene rings is 2. The van der Waals surface area contributed by atoms with Gasteiger partial charge in [0, 0.05) is 16.8 Å². The van der Waals surface area contributed by atoms with Gasteiger partial charge in [-0.2, -0.15) is 0 Å². The van der Waals surface area contributed by atoms with Crippen molar-refractivity contribution in [2.75, 3.05) is 0 Å². The highest BCUT2D eigenvalue weighted by atomic mass is 35.5. The maximum Gasteiger partial charge on any atom is 0.191 e. The quantitative estimate of drug-likeness (QED) is 0.466. The van der Waals surface area contributed by atoms with Gasteiger partial charge in [0.05, 0.1) is 5.02 Å². The van der Waals surface area contributed by atoms with Crippen molar-refractivity contribution in [3.63, 3.8) is 0 Å². The standard InChI is InChI=1S/C19H17Cl2N3OS/c20-14-5-3-4-13(10-14)12-26-19-23-22-18(24(19)15-8-9-15)11-25-17-7-2-1-6-16(17)21/h1-7,10,15H,8-9,11-12H2. The Bertz CT molecular complexity index is 911. The molecular formula is C19H17Cl2N3OS. The summed E-state index contributed by atoms with van der Waals surface area (Å²) in [7, 11) is 0. The van der Waals surface area contributed by atoms with E-state index < -0.39 is 0 Å². The molecule has 0 amide bonds. The number of nitrogens with zero attached hydrogens (tertiary/aromatic N) is 3. The van der Waals surface area contributed by atoms with Crippen molar-refractivity contribution < 1.29 is 4.74 Å². The fourth-order valence-electron chi connectivity index (χ4n) is 2.68. The molecule has 1 heterocycles. The minimum Gasteiger partial charge on any atom is -0.484 e. The number of ether oxygens (including phenoxy) is 1. The Morgan fingerprint density at radius 3 is 2.69 bits per heavy atom. The van der Waals surface area contributed by atoms with Crippen molar-refractivity contribution in [1.29, 1.82) is 0 Å². The van der Waals surface area contributed by atoms with Crippen LogP contribution < -0.4 is 4.74 Å². The second-order valence-corrected chi connectivity index (χ2v) is 7.92. The normalized spacial score (nSPS) is 13.8. The minimum absolute atomic E-state index is 0.352. The van der Waals surface area contributed by atoms with Gasteiger partial charge in [0.25, 0.3) is 0 Å². The van der Waals surface area contributed by atoms with Crippen LogP contribution in [0.1, 0.15) is 30.3 Å². The average molecular weight is 406 g/mol. The Kier molecular flexibility index (Phi) is 5.38. The summed E-state index contributed by atoms with van der Waals surface area (Å²) in [4.78, 5) is 0. The van der Waals surface area contributed by atoms with Crippen LogP contribution in [0.15, 0.2) is 53.7 Å². The van der Waals surface area contributed by atoms with Gasteiger partial charge in [0.2, 0.25) is 0 Å². The molecule has 1 fully saturated rings. The number of rotatable bonds is 7. The summed E-state index contributed by atoms with van der Waals surface area (Å²) < 4.78 is 8.05. The van der Waals surface area contributed by atoms with Crippen LogP contribution in [0.3, 0.4) is 0 Å². The zero-order valence-corrected chi connectivity index (χ0v) is 16.3. The molecule has 1 aliphatic rings. The third kappa shape index (κ3) is 4.17. The summed E-state index contributed by atoms with van der Waals surface area (Å²) >= 11 is 13.9. The maximum absolute atomic E-state index is 6.16. The van der Waals surface area contributed by atoms with Crippen LogP contribution >= 0.6 is 35.0 Å². The molecule has 0 spiro atoms. The van der Waals surface area contributed by atoms with Crippen molar-refractivity contribution in [1.82, 2.24) is 14.8 Å². The van der Waals surface area contributed by atoms with Gasteiger partial charge >= 0.3 is 0 Å². The van der Waals surface area contributed by atoms with Gasteiger partial charge in [-0.15, -0.1) is 10.2 Å². The molecule has 0 aliphatic heterocycles. The number of thioether (sulfide) groups is 1. The summed E-state index contributed by atoms with van der Waals surface area (Å²) in [6, 6.07) is 15.8. The number of hydrogen-bond acceptors (Lipinski definition) is 4. The van der Waals surface area contributed by atoms with Crippen LogP contribution in [0.5, 0.6) is 5.75 Å². The maximum atomic E-state index is 6.16. The van der Waals surface area contributed by atoms with Gasteiger partial charge in [-0.3, -0.25) is 4.57 Å². The number of aromatic nitrogens is 3. The van der Waals surface area contributed by atoms with Crippen molar-refractivity contribution in [3.8, 4) is 5.75 Å². The second kappa shape index (κ2) is 7.91. The molecule has 2 aromatic carbocycles. The first-order valence-corrected chi connectivity index (χ1v) is 10.1. The van der Waals surface area contributed by atoms with Crippen LogP contribution in [0.2, 0.25) is 10.0 Å². The van der Waals surface area contributed by atoms with Gasteiger partial charge in [-0.25, -0.2) is 0 Å². The zero-order chi connectivity index (χ0) is 17.9. The first kappa shape index (κ1) is 17.7. The van der Waals surface area contributed by atoms with Crippen LogP contribution in [0, 0.1) is 0 Å².